The van der Waals surface area contributed by atoms with Crippen molar-refractivity contribution in [2.75, 3.05) is 27.7 Å². The van der Waals surface area contributed by atoms with Gasteiger partial charge < -0.3 is 15.0 Å². The number of guanidine groups is 1. The van der Waals surface area contributed by atoms with Crippen molar-refractivity contribution >= 4 is 33.2 Å². The summed E-state index contributed by atoms with van der Waals surface area (Å²) in [4.78, 5) is 11.1. The van der Waals surface area contributed by atoms with Gasteiger partial charge in [-0.1, -0.05) is 28.1 Å². The van der Waals surface area contributed by atoms with Crippen molar-refractivity contribution in [2.24, 2.45) is 4.99 Å². The molecule has 0 aliphatic carbocycles. The van der Waals surface area contributed by atoms with Crippen LogP contribution in [0.1, 0.15) is 35.7 Å². The number of nitrogens with one attached hydrogen (secondary N) is 1. The molecule has 5 nitrogen and oxygen atoms in total. The summed E-state index contributed by atoms with van der Waals surface area (Å²) in [6.07, 6.45) is 2.13. The fourth-order valence-corrected chi connectivity index (χ4v) is 3.86. The van der Waals surface area contributed by atoms with Crippen LogP contribution in [0.25, 0.3) is 0 Å². The molecule has 7 heteroatoms. The number of nitrogens with zero attached hydrogens (tertiary/aromatic N) is 3. The lowest BCUT2D eigenvalue weighted by molar-refractivity contribution is 0.119. The molecule has 0 fully saturated rings. The van der Waals surface area contributed by atoms with Gasteiger partial charge in [-0.25, -0.2) is 4.98 Å². The van der Waals surface area contributed by atoms with Crippen molar-refractivity contribution < 1.29 is 4.74 Å². The van der Waals surface area contributed by atoms with E-state index in [9.17, 15) is 0 Å². The van der Waals surface area contributed by atoms with Crippen LogP contribution in [0.15, 0.2) is 39.1 Å². The van der Waals surface area contributed by atoms with Crippen LogP contribution in [0.4, 0.5) is 0 Å². The second-order valence-electron chi connectivity index (χ2n) is 6.12. The number of benzene rings is 1. The van der Waals surface area contributed by atoms with Crippen LogP contribution in [0.2, 0.25) is 0 Å². The molecule has 1 aromatic heterocycles. The van der Waals surface area contributed by atoms with E-state index < -0.39 is 0 Å². The number of ether oxygens (including phenoxy) is 1. The molecule has 2 aromatic rings. The maximum Gasteiger partial charge on any atom is 0.193 e. The van der Waals surface area contributed by atoms with Crippen LogP contribution in [0.3, 0.4) is 0 Å². The molecular weight excluding hydrogens is 412 g/mol. The molecule has 0 saturated heterocycles. The van der Waals surface area contributed by atoms with Crippen LogP contribution in [-0.4, -0.2) is 43.6 Å². The first-order chi connectivity index (χ1) is 12.5. The Kier molecular flexibility index (Phi) is 8.54. The van der Waals surface area contributed by atoms with Crippen molar-refractivity contribution in [3.05, 3.63) is 50.4 Å². The number of halogens is 1. The average molecular weight is 439 g/mol. The molecule has 0 aliphatic rings. The highest BCUT2D eigenvalue weighted by molar-refractivity contribution is 9.10. The zero-order valence-electron chi connectivity index (χ0n) is 15.8. The van der Waals surface area contributed by atoms with Crippen LogP contribution in [-0.2, 0) is 17.7 Å². The molecule has 0 spiro atoms. The number of aliphatic imine (C=N–C) groups is 1. The van der Waals surface area contributed by atoms with E-state index in [1.807, 2.05) is 21.0 Å². The van der Waals surface area contributed by atoms with E-state index in [2.05, 4.69) is 65.8 Å². The van der Waals surface area contributed by atoms with Crippen LogP contribution in [0.5, 0.6) is 0 Å². The van der Waals surface area contributed by atoms with Crippen molar-refractivity contribution in [1.29, 1.82) is 0 Å². The Morgan fingerprint density at radius 2 is 2.27 bits per heavy atom. The van der Waals surface area contributed by atoms with E-state index in [0.717, 1.165) is 47.1 Å². The maximum absolute atomic E-state index is 5.33. The monoisotopic (exact) mass is 438 g/mol. The van der Waals surface area contributed by atoms with Gasteiger partial charge in [0, 0.05) is 37.6 Å². The first-order valence-electron chi connectivity index (χ1n) is 8.66. The van der Waals surface area contributed by atoms with Crippen molar-refractivity contribution in [1.82, 2.24) is 15.2 Å². The van der Waals surface area contributed by atoms with Gasteiger partial charge in [-0.15, -0.1) is 11.3 Å². The third-order valence-corrected chi connectivity index (χ3v) is 5.61. The largest absolute Gasteiger partial charge is 0.375 e. The van der Waals surface area contributed by atoms with Gasteiger partial charge in [0.25, 0.3) is 0 Å². The number of aryl methyl sites for hydroxylation is 1. The zero-order valence-corrected chi connectivity index (χ0v) is 18.2. The molecule has 0 radical (unpaired) electrons. The fraction of sp³-hybridized carbons (Fsp3) is 0.474. The number of methoxy groups -OCH3 is 1. The minimum absolute atomic E-state index is 0.0366. The third-order valence-electron chi connectivity index (χ3n) is 4.06. The summed E-state index contributed by atoms with van der Waals surface area (Å²) < 4.78 is 6.46. The van der Waals surface area contributed by atoms with Crippen molar-refractivity contribution in [3.8, 4) is 0 Å². The number of rotatable bonds is 8. The topological polar surface area (TPSA) is 49.8 Å². The summed E-state index contributed by atoms with van der Waals surface area (Å²) in [6, 6.07) is 8.45. The van der Waals surface area contributed by atoms with Gasteiger partial charge in [0.05, 0.1) is 12.2 Å². The highest BCUT2D eigenvalue weighted by Crippen LogP contribution is 2.21. The van der Waals surface area contributed by atoms with E-state index in [1.54, 1.807) is 18.4 Å². The molecule has 26 heavy (non-hydrogen) atoms. The lowest BCUT2D eigenvalue weighted by atomic mass is 10.1. The molecule has 0 bridgehead atoms. The Bertz CT molecular complexity index is 719. The summed E-state index contributed by atoms with van der Waals surface area (Å²) in [5.74, 6) is 0.883. The Labute approximate surface area is 168 Å². The van der Waals surface area contributed by atoms with Crippen molar-refractivity contribution in [2.45, 2.75) is 32.4 Å². The summed E-state index contributed by atoms with van der Waals surface area (Å²) >= 11 is 5.15. The highest BCUT2D eigenvalue weighted by atomic mass is 79.9. The second-order valence-corrected chi connectivity index (χ2v) is 7.92. The van der Waals surface area contributed by atoms with Gasteiger partial charge in [-0.3, -0.25) is 4.99 Å². The van der Waals surface area contributed by atoms with E-state index in [1.165, 1.54) is 5.56 Å². The normalized spacial score (nSPS) is 12.9. The van der Waals surface area contributed by atoms with Gasteiger partial charge in [-0.2, -0.15) is 0 Å². The second kappa shape index (κ2) is 10.6. The SMILES string of the molecule is CN=C(NCCCc1cccc(Br)c1)N(C)Cc1csc(C(C)OC)n1. The summed E-state index contributed by atoms with van der Waals surface area (Å²) in [7, 11) is 5.55. The van der Waals surface area contributed by atoms with Crippen LogP contribution < -0.4 is 5.32 Å². The lowest BCUT2D eigenvalue weighted by Gasteiger charge is -2.21. The number of thiazole rings is 1. The summed E-state index contributed by atoms with van der Waals surface area (Å²) in [5, 5.41) is 6.52. The maximum atomic E-state index is 5.33. The Balaban J connectivity index is 1.79. The Morgan fingerprint density at radius 3 is 2.96 bits per heavy atom. The van der Waals surface area contributed by atoms with Gasteiger partial charge in [0.15, 0.2) is 5.96 Å². The smallest absolute Gasteiger partial charge is 0.193 e. The molecule has 2 rings (SSSR count). The van der Waals surface area contributed by atoms with E-state index in [4.69, 9.17) is 4.74 Å². The highest BCUT2D eigenvalue weighted by Gasteiger charge is 2.12. The molecule has 0 amide bonds. The number of hydrogen-bond acceptors (Lipinski definition) is 4. The molecule has 142 valence electrons. The standard InChI is InChI=1S/C19H27BrN4OS/c1-14(25-4)18-23-17(13-26-18)12-24(3)19(21-2)22-10-6-8-15-7-5-9-16(20)11-15/h5,7,9,11,13-14H,6,8,10,12H2,1-4H3,(H,21,22). The van der Waals surface area contributed by atoms with E-state index >= 15 is 0 Å². The number of aromatic nitrogens is 1. The van der Waals surface area contributed by atoms with Crippen LogP contribution in [0, 0.1) is 0 Å². The van der Waals surface area contributed by atoms with E-state index in [-0.39, 0.29) is 6.10 Å². The average Bonchev–Trinajstić information content (AvgIpc) is 3.09. The fourth-order valence-electron chi connectivity index (χ4n) is 2.57. The minimum Gasteiger partial charge on any atom is -0.375 e. The first kappa shape index (κ1) is 20.9. The molecule has 1 heterocycles. The molecule has 1 atom stereocenters. The third kappa shape index (κ3) is 6.37. The van der Waals surface area contributed by atoms with Gasteiger partial charge in [0.1, 0.15) is 11.1 Å². The molecule has 0 saturated carbocycles. The van der Waals surface area contributed by atoms with Crippen LogP contribution >= 0.6 is 27.3 Å². The minimum atomic E-state index is 0.0366. The summed E-state index contributed by atoms with van der Waals surface area (Å²) in [6.45, 7) is 3.61. The molecule has 0 aliphatic heterocycles. The predicted molar refractivity (Wildman–Crippen MR) is 113 cm³/mol. The van der Waals surface area contributed by atoms with E-state index in [0.29, 0.717) is 0 Å². The van der Waals surface area contributed by atoms with Crippen molar-refractivity contribution in [3.63, 3.8) is 0 Å². The molecule has 1 aromatic carbocycles. The Morgan fingerprint density at radius 1 is 1.46 bits per heavy atom. The molecule has 1 unspecified atom stereocenters. The van der Waals surface area contributed by atoms with Gasteiger partial charge in [-0.05, 0) is 37.5 Å². The van der Waals surface area contributed by atoms with Gasteiger partial charge in [0.2, 0.25) is 0 Å². The lowest BCUT2D eigenvalue weighted by Crippen LogP contribution is -2.39. The van der Waals surface area contributed by atoms with Gasteiger partial charge >= 0.3 is 0 Å². The quantitative estimate of drug-likeness (QED) is 0.380. The molecule has 1 N–H and O–H groups in total. The summed E-state index contributed by atoms with van der Waals surface area (Å²) in [5.41, 5.74) is 2.38. The first-order valence-corrected chi connectivity index (χ1v) is 10.3. The molecular formula is C19H27BrN4OS. The zero-order chi connectivity index (χ0) is 18.9. The number of hydrogen-bond donors (Lipinski definition) is 1. The Hall–Kier alpha value is -1.44. The predicted octanol–water partition coefficient (Wildman–Crippen LogP) is 4.25.